The Morgan fingerprint density at radius 3 is 2.20 bits per heavy atom. The topological polar surface area (TPSA) is 63.3 Å². The van der Waals surface area contributed by atoms with Crippen molar-refractivity contribution in [1.82, 2.24) is 19.3 Å². The van der Waals surface area contributed by atoms with Gasteiger partial charge in [-0.25, -0.2) is 9.67 Å². The molecule has 0 aliphatic carbocycles. The van der Waals surface area contributed by atoms with E-state index < -0.39 is 0 Å². The van der Waals surface area contributed by atoms with E-state index in [2.05, 4.69) is 101 Å². The first-order chi connectivity index (χ1) is 24.1. The fourth-order valence-corrected chi connectivity index (χ4v) is 7.14. The summed E-state index contributed by atoms with van der Waals surface area (Å²) in [4.78, 5) is 4.70. The van der Waals surface area contributed by atoms with Crippen molar-refractivity contribution in [3.8, 4) is 45.9 Å². The molecule has 0 radical (unpaired) electrons. The van der Waals surface area contributed by atoms with E-state index in [1.54, 1.807) is 4.68 Å². The van der Waals surface area contributed by atoms with Gasteiger partial charge in [-0.05, 0) is 97.1 Å². The molecule has 0 bridgehead atoms. The number of fused-ring (bicyclic) bond motifs is 3. The molecule has 7 rings (SSSR count). The molecule has 0 saturated heterocycles. The number of nitrogens with zero attached hydrogens (tertiary/aromatic N) is 4. The number of aryl methyl sites for hydroxylation is 3. The Kier molecular flexibility index (Phi) is 10.1. The molecule has 51 heavy (non-hydrogen) atoms. The quantitative estimate of drug-likeness (QED) is 0.135. The summed E-state index contributed by atoms with van der Waals surface area (Å²) in [5.74, 6) is 3.02. The predicted octanol–water partition coefficient (Wildman–Crippen LogP) is 10.4. The van der Waals surface area contributed by atoms with Crippen molar-refractivity contribution in [1.29, 1.82) is 0 Å². The first-order valence-corrected chi connectivity index (χ1v) is 17.2. The van der Waals surface area contributed by atoms with Gasteiger partial charge in [-0.2, -0.15) is 12.1 Å². The molecule has 0 N–H and O–H groups in total. The van der Waals surface area contributed by atoms with E-state index >= 15 is 0 Å². The minimum atomic E-state index is 0. The third kappa shape index (κ3) is 6.80. The third-order valence-corrected chi connectivity index (χ3v) is 8.83. The van der Waals surface area contributed by atoms with Crippen molar-refractivity contribution >= 4 is 21.8 Å². The fourth-order valence-electron chi connectivity index (χ4n) is 7.14. The molecule has 0 amide bonds. The molecule has 0 spiro atoms. The van der Waals surface area contributed by atoms with Gasteiger partial charge in [0.05, 0.1) is 13.2 Å². The van der Waals surface area contributed by atoms with E-state index in [-0.39, 0.29) is 26.5 Å². The minimum Gasteiger partial charge on any atom is -0.509 e. The standard InChI is InChI=1S/C43H42N4O3.Pt/c1-9-48-41-39(30-23-28(4)40(29(5)24-30)43(6,7)8)42(49-10-2)47(45-41)31-14-13-15-32(25-31)50-33-18-19-35-34-16-11-12-17-36(34)46(37(35)26-33)38-22-27(3)20-21-44-38;/h11-24H,9-10H2,1-8H3;/q-2;+2. The first-order valence-electron chi connectivity index (χ1n) is 17.2. The molecule has 0 fully saturated rings. The van der Waals surface area contributed by atoms with Gasteiger partial charge in [0.1, 0.15) is 11.4 Å². The van der Waals surface area contributed by atoms with Crippen LogP contribution in [0.15, 0.2) is 85.1 Å². The van der Waals surface area contributed by atoms with Gasteiger partial charge >= 0.3 is 21.1 Å². The Hall–Kier alpha value is -4.87. The summed E-state index contributed by atoms with van der Waals surface area (Å²) in [5.41, 5.74) is 9.36. The number of hydrogen-bond acceptors (Lipinski definition) is 5. The van der Waals surface area contributed by atoms with Crippen LogP contribution in [0.4, 0.5) is 0 Å². The Balaban J connectivity index is 0.00000448. The van der Waals surface area contributed by atoms with Gasteiger partial charge in [0, 0.05) is 23.2 Å². The normalized spacial score (nSPS) is 11.5. The van der Waals surface area contributed by atoms with E-state index in [1.165, 1.54) is 16.7 Å². The molecule has 4 aromatic carbocycles. The minimum absolute atomic E-state index is 0. The number of para-hydroxylation sites is 1. The Bertz CT molecular complexity index is 2340. The van der Waals surface area contributed by atoms with Gasteiger partial charge in [-0.3, -0.25) is 0 Å². The van der Waals surface area contributed by atoms with Gasteiger partial charge < -0.3 is 18.8 Å². The second kappa shape index (κ2) is 14.4. The maximum atomic E-state index is 6.45. The van der Waals surface area contributed by atoms with Crippen LogP contribution in [0.5, 0.6) is 23.3 Å². The summed E-state index contributed by atoms with van der Waals surface area (Å²) in [6, 6.07) is 33.6. The van der Waals surface area contributed by atoms with Crippen molar-refractivity contribution in [2.24, 2.45) is 0 Å². The SMILES string of the molecule is CCOc1nn(-c2[c-]c(Oc3[c-]c4c(cc3)c3ccccc3n4-c3cc(C)ccn3)ccc2)c(OCC)c1-c1cc(C)c(C(C)(C)C)c(C)c1.[Pt+2]. The number of ether oxygens (including phenoxy) is 3. The monoisotopic (exact) mass is 857 g/mol. The fraction of sp³-hybridized carbons (Fsp3) is 0.256. The summed E-state index contributed by atoms with van der Waals surface area (Å²) >= 11 is 0. The summed E-state index contributed by atoms with van der Waals surface area (Å²) in [6.45, 7) is 18.0. The molecule has 7 aromatic rings. The molecule has 0 unspecified atom stereocenters. The number of hydrogen-bond donors (Lipinski definition) is 0. The molecule has 3 heterocycles. The summed E-state index contributed by atoms with van der Waals surface area (Å²) < 4.78 is 22.8. The van der Waals surface area contributed by atoms with Crippen molar-refractivity contribution in [3.63, 3.8) is 0 Å². The zero-order chi connectivity index (χ0) is 35.2. The van der Waals surface area contributed by atoms with Crippen LogP contribution in [0.3, 0.4) is 0 Å². The third-order valence-electron chi connectivity index (χ3n) is 8.83. The Labute approximate surface area is 314 Å². The average molecular weight is 858 g/mol. The molecule has 8 heteroatoms. The average Bonchev–Trinajstić information content (AvgIpc) is 3.59. The number of rotatable bonds is 9. The summed E-state index contributed by atoms with van der Waals surface area (Å²) in [6.07, 6.45) is 1.84. The molecule has 0 saturated carbocycles. The van der Waals surface area contributed by atoms with Crippen molar-refractivity contribution in [2.75, 3.05) is 13.2 Å². The van der Waals surface area contributed by atoms with Crippen LogP contribution in [-0.4, -0.2) is 32.5 Å². The number of aromatic nitrogens is 4. The Morgan fingerprint density at radius 2 is 1.49 bits per heavy atom. The van der Waals surface area contributed by atoms with E-state index in [0.717, 1.165) is 44.3 Å². The van der Waals surface area contributed by atoms with E-state index in [4.69, 9.17) is 24.3 Å². The van der Waals surface area contributed by atoms with E-state index in [1.807, 2.05) is 56.4 Å². The van der Waals surface area contributed by atoms with Gasteiger partial charge in [0.15, 0.2) is 0 Å². The smallest absolute Gasteiger partial charge is 0.509 e. The van der Waals surface area contributed by atoms with Crippen LogP contribution in [-0.2, 0) is 26.5 Å². The maximum absolute atomic E-state index is 6.45. The second-order valence-corrected chi connectivity index (χ2v) is 13.6. The number of benzene rings is 4. The van der Waals surface area contributed by atoms with Crippen LogP contribution >= 0.6 is 0 Å². The zero-order valence-electron chi connectivity index (χ0n) is 30.3. The van der Waals surface area contributed by atoms with Gasteiger partial charge in [-0.15, -0.1) is 40.8 Å². The van der Waals surface area contributed by atoms with Gasteiger partial charge in [-0.1, -0.05) is 56.6 Å². The van der Waals surface area contributed by atoms with Crippen LogP contribution in [0.2, 0.25) is 0 Å². The Morgan fingerprint density at radius 1 is 0.765 bits per heavy atom. The molecule has 3 aromatic heterocycles. The van der Waals surface area contributed by atoms with Gasteiger partial charge in [0.2, 0.25) is 11.8 Å². The van der Waals surface area contributed by atoms with Crippen LogP contribution < -0.4 is 14.2 Å². The van der Waals surface area contributed by atoms with Crippen LogP contribution in [0, 0.1) is 32.9 Å². The van der Waals surface area contributed by atoms with E-state index in [9.17, 15) is 0 Å². The molecule has 0 aliphatic heterocycles. The second-order valence-electron chi connectivity index (χ2n) is 13.6. The molecule has 0 aliphatic rings. The molecular formula is C43H42N4O3Pt. The zero-order valence-corrected chi connectivity index (χ0v) is 32.6. The first kappa shape index (κ1) is 35.9. The molecule has 7 nitrogen and oxygen atoms in total. The van der Waals surface area contributed by atoms with Gasteiger partial charge in [0.25, 0.3) is 0 Å². The molecular weight excluding hydrogens is 816 g/mol. The van der Waals surface area contributed by atoms with Crippen molar-refractivity contribution in [3.05, 3.63) is 119 Å². The van der Waals surface area contributed by atoms with Crippen LogP contribution in [0.25, 0.3) is 44.4 Å². The summed E-state index contributed by atoms with van der Waals surface area (Å²) in [7, 11) is 0. The summed E-state index contributed by atoms with van der Waals surface area (Å²) in [5, 5.41) is 7.13. The molecule has 0 atom stereocenters. The van der Waals surface area contributed by atoms with Crippen molar-refractivity contribution < 1.29 is 35.3 Å². The number of pyridine rings is 1. The van der Waals surface area contributed by atoms with E-state index in [0.29, 0.717) is 42.2 Å². The predicted molar refractivity (Wildman–Crippen MR) is 201 cm³/mol. The largest absolute Gasteiger partial charge is 2.00 e. The van der Waals surface area contributed by atoms with Crippen molar-refractivity contribution in [2.45, 2.75) is 60.8 Å². The maximum Gasteiger partial charge on any atom is 2.00 e. The van der Waals surface area contributed by atoms with Crippen LogP contribution in [0.1, 0.15) is 56.9 Å². The molecule has 262 valence electrons.